The minimum Gasteiger partial charge on any atom is -0.480 e. The largest absolute Gasteiger partial charge is 0.480 e. The van der Waals surface area contributed by atoms with Gasteiger partial charge in [0, 0.05) is 17.8 Å². The number of carbonyl (C=O) groups is 2. The number of azide groups is 1. The minimum absolute atomic E-state index is 0.0251. The average Bonchev–Trinajstić information content (AvgIpc) is 3.55. The Kier molecular flexibility index (Phi) is 9.45. The van der Waals surface area contributed by atoms with Gasteiger partial charge < -0.3 is 30.6 Å². The second-order valence-electron chi connectivity index (χ2n) is 9.19. The van der Waals surface area contributed by atoms with Gasteiger partial charge in [0.25, 0.3) is 0 Å². The lowest BCUT2D eigenvalue weighted by molar-refractivity contribution is -0.140. The van der Waals surface area contributed by atoms with Crippen molar-refractivity contribution in [2.45, 2.75) is 50.6 Å². The van der Waals surface area contributed by atoms with Crippen LogP contribution in [0, 0.1) is 0 Å². The molecular formula is C23H29N10O8P. The molecule has 0 bridgehead atoms. The van der Waals surface area contributed by atoms with E-state index >= 15 is 0 Å². The average molecular weight is 605 g/mol. The molecule has 18 nitrogen and oxygen atoms in total. The number of esters is 1. The SMILES string of the molecule is COC(=O)CCc1ccccc1OP(=O)(NC(C)C(=O)O)OC[C@H]1O[C@@H](n2cnc3c(N)nc(N)nc32)C[C@@H]1N=[N+]=[N-]. The van der Waals surface area contributed by atoms with Gasteiger partial charge in [0.1, 0.15) is 23.5 Å². The summed E-state index contributed by atoms with van der Waals surface area (Å²) in [7, 11) is -3.14. The standard InChI is InChI=1S/C23H29N10O8P/c1-12(22(35)36)31-42(37,41-15-6-4-3-5-13(15)7-8-18(34)38-2)39-10-16-14(30-32-26)9-17(40-16)33-11-27-19-20(24)28-23(25)29-21(19)33/h3-6,11-12,14,16-17H,7-10H2,1-2H3,(H,31,37)(H,35,36)(H4,24,25,28,29)/t12?,14-,16+,17+,42?/m0/s1. The molecule has 2 aromatic heterocycles. The number of carboxylic acids is 1. The zero-order valence-corrected chi connectivity index (χ0v) is 23.5. The Labute approximate surface area is 238 Å². The number of aryl methyl sites for hydroxylation is 1. The molecule has 4 rings (SSSR count). The maximum atomic E-state index is 13.9. The molecule has 0 amide bonds. The molecule has 5 atom stereocenters. The molecule has 0 aliphatic carbocycles. The van der Waals surface area contributed by atoms with Gasteiger partial charge in [0.2, 0.25) is 5.95 Å². The molecule has 2 unspecified atom stereocenters. The van der Waals surface area contributed by atoms with Crippen molar-refractivity contribution in [3.63, 3.8) is 0 Å². The van der Waals surface area contributed by atoms with Crippen LogP contribution in [0.2, 0.25) is 0 Å². The Hall–Kier alpha value is -4.47. The van der Waals surface area contributed by atoms with Gasteiger partial charge in [-0.15, -0.1) is 0 Å². The first-order chi connectivity index (χ1) is 20.0. The van der Waals surface area contributed by atoms with E-state index in [1.807, 2.05) is 0 Å². The summed E-state index contributed by atoms with van der Waals surface area (Å²) in [5.74, 6) is -1.66. The van der Waals surface area contributed by atoms with Crippen LogP contribution in [0.4, 0.5) is 11.8 Å². The Morgan fingerprint density at radius 3 is 2.83 bits per heavy atom. The summed E-state index contributed by atoms with van der Waals surface area (Å²) < 4.78 is 37.6. The highest BCUT2D eigenvalue weighted by atomic mass is 31.2. The van der Waals surface area contributed by atoms with Crippen LogP contribution in [0.15, 0.2) is 35.7 Å². The quantitative estimate of drug-likeness (QED) is 0.0717. The number of anilines is 2. The number of rotatable bonds is 13. The van der Waals surface area contributed by atoms with Crippen LogP contribution in [-0.4, -0.2) is 68.5 Å². The van der Waals surface area contributed by atoms with Gasteiger partial charge in [-0.25, -0.2) is 9.55 Å². The molecule has 0 spiro atoms. The molecule has 3 heterocycles. The Bertz CT molecular complexity index is 1560. The molecule has 0 saturated carbocycles. The Morgan fingerprint density at radius 1 is 1.36 bits per heavy atom. The van der Waals surface area contributed by atoms with Crippen molar-refractivity contribution in [2.24, 2.45) is 5.11 Å². The maximum Gasteiger partial charge on any atom is 0.459 e. The second-order valence-corrected chi connectivity index (χ2v) is 10.9. The summed E-state index contributed by atoms with van der Waals surface area (Å²) in [5, 5.41) is 15.6. The van der Waals surface area contributed by atoms with Crippen molar-refractivity contribution in [2.75, 3.05) is 25.2 Å². The number of nitrogens with two attached hydrogens (primary N) is 2. The Morgan fingerprint density at radius 2 is 2.12 bits per heavy atom. The predicted molar refractivity (Wildman–Crippen MR) is 147 cm³/mol. The van der Waals surface area contributed by atoms with Crippen LogP contribution in [0.25, 0.3) is 21.6 Å². The summed E-state index contributed by atoms with van der Waals surface area (Å²) in [5.41, 5.74) is 21.9. The van der Waals surface area contributed by atoms with Crippen LogP contribution in [-0.2, 0) is 34.6 Å². The molecule has 0 radical (unpaired) electrons. The molecule has 42 heavy (non-hydrogen) atoms. The number of carboxylic acid groups (broad SMARTS) is 1. The normalized spacial score (nSPS) is 20.4. The lowest BCUT2D eigenvalue weighted by atomic mass is 10.1. The van der Waals surface area contributed by atoms with E-state index in [4.69, 9.17) is 30.8 Å². The van der Waals surface area contributed by atoms with E-state index < -0.39 is 50.7 Å². The summed E-state index contributed by atoms with van der Waals surface area (Å²) in [6.07, 6.45) is 0.115. The lowest BCUT2D eigenvalue weighted by Gasteiger charge is -2.25. The highest BCUT2D eigenvalue weighted by Gasteiger charge is 2.40. The predicted octanol–water partition coefficient (Wildman–Crippen LogP) is 2.33. The third-order valence-corrected chi connectivity index (χ3v) is 7.96. The topological polar surface area (TPSA) is 265 Å². The van der Waals surface area contributed by atoms with Gasteiger partial charge in [-0.2, -0.15) is 15.1 Å². The van der Waals surface area contributed by atoms with Crippen molar-refractivity contribution in [1.82, 2.24) is 24.6 Å². The van der Waals surface area contributed by atoms with Crippen LogP contribution in [0.1, 0.15) is 31.6 Å². The van der Waals surface area contributed by atoms with Gasteiger partial charge >= 0.3 is 19.7 Å². The number of hydrogen-bond acceptors (Lipinski definition) is 13. The van der Waals surface area contributed by atoms with Crippen LogP contribution >= 0.6 is 7.75 Å². The van der Waals surface area contributed by atoms with Crippen molar-refractivity contribution >= 4 is 42.6 Å². The van der Waals surface area contributed by atoms with E-state index in [1.54, 1.807) is 22.8 Å². The van der Waals surface area contributed by atoms with Gasteiger partial charge in [0.15, 0.2) is 11.5 Å². The zero-order chi connectivity index (χ0) is 30.4. The number of nitrogen functional groups attached to an aromatic ring is 2. The summed E-state index contributed by atoms with van der Waals surface area (Å²) in [6.45, 7) is 0.839. The molecule has 3 aromatic rings. The fraction of sp³-hybridized carbons (Fsp3) is 0.435. The fourth-order valence-electron chi connectivity index (χ4n) is 4.21. The number of fused-ring (bicyclic) bond motifs is 1. The molecule has 1 fully saturated rings. The van der Waals surface area contributed by atoms with Gasteiger partial charge in [0.05, 0.1) is 32.2 Å². The first-order valence-electron chi connectivity index (χ1n) is 12.6. The zero-order valence-electron chi connectivity index (χ0n) is 22.6. The van der Waals surface area contributed by atoms with Gasteiger partial charge in [-0.05, 0) is 30.5 Å². The van der Waals surface area contributed by atoms with Crippen LogP contribution in [0.3, 0.4) is 0 Å². The van der Waals surface area contributed by atoms with E-state index in [9.17, 15) is 19.3 Å². The van der Waals surface area contributed by atoms with Crippen molar-refractivity contribution in [1.29, 1.82) is 0 Å². The monoisotopic (exact) mass is 604 g/mol. The number of methoxy groups -OCH3 is 1. The molecule has 1 aromatic carbocycles. The molecule has 6 N–H and O–H groups in total. The molecule has 1 aliphatic heterocycles. The number of ether oxygens (including phenoxy) is 2. The smallest absolute Gasteiger partial charge is 0.459 e. The summed E-state index contributed by atoms with van der Waals surface area (Å²) in [4.78, 5) is 38.4. The van der Waals surface area contributed by atoms with Gasteiger partial charge in [-0.3, -0.25) is 18.7 Å². The first kappa shape index (κ1) is 30.5. The Balaban J connectivity index is 1.56. The van der Waals surface area contributed by atoms with Crippen LogP contribution < -0.4 is 21.1 Å². The minimum atomic E-state index is -4.40. The van der Waals surface area contributed by atoms with Crippen LogP contribution in [0.5, 0.6) is 5.75 Å². The van der Waals surface area contributed by atoms with E-state index in [0.29, 0.717) is 16.7 Å². The molecule has 19 heteroatoms. The lowest BCUT2D eigenvalue weighted by Crippen LogP contribution is -2.35. The maximum absolute atomic E-state index is 13.9. The van der Waals surface area contributed by atoms with Crippen molar-refractivity contribution in [3.05, 3.63) is 46.6 Å². The number of benzene rings is 1. The molecule has 1 aliphatic rings. The summed E-state index contributed by atoms with van der Waals surface area (Å²) in [6, 6.07) is 4.35. The summed E-state index contributed by atoms with van der Waals surface area (Å²) >= 11 is 0. The third-order valence-electron chi connectivity index (χ3n) is 6.33. The number of nitrogens with zero attached hydrogens (tertiary/aromatic N) is 7. The highest BCUT2D eigenvalue weighted by molar-refractivity contribution is 7.52. The number of hydrogen-bond donors (Lipinski definition) is 4. The first-order valence-corrected chi connectivity index (χ1v) is 14.1. The number of aliphatic carboxylic acids is 1. The fourth-order valence-corrected chi connectivity index (χ4v) is 5.76. The highest BCUT2D eigenvalue weighted by Crippen LogP contribution is 2.47. The van der Waals surface area contributed by atoms with Gasteiger partial charge in [-0.1, -0.05) is 23.3 Å². The number of carbonyl (C=O) groups excluding carboxylic acids is 1. The van der Waals surface area contributed by atoms with E-state index in [2.05, 4.69) is 34.8 Å². The van der Waals surface area contributed by atoms with Crippen molar-refractivity contribution < 1.29 is 37.8 Å². The second kappa shape index (κ2) is 13.0. The molecule has 1 saturated heterocycles. The van der Waals surface area contributed by atoms with E-state index in [1.165, 1.54) is 26.4 Å². The third kappa shape index (κ3) is 7.05. The molecular weight excluding hydrogens is 575 g/mol. The number of nitrogens with one attached hydrogen (secondary N) is 1. The van der Waals surface area contributed by atoms with Crippen molar-refractivity contribution in [3.8, 4) is 5.75 Å². The van der Waals surface area contributed by atoms with E-state index in [0.717, 1.165) is 0 Å². The number of imidazole rings is 1. The molecule has 224 valence electrons. The van der Waals surface area contributed by atoms with E-state index in [-0.39, 0.29) is 36.8 Å². The number of para-hydroxylation sites is 1. The number of aromatic nitrogens is 4.